The van der Waals surface area contributed by atoms with E-state index in [1.165, 1.54) is 51.4 Å². The molecule has 0 heterocycles. The summed E-state index contributed by atoms with van der Waals surface area (Å²) in [5.41, 5.74) is 8.36. The zero-order valence-electron chi connectivity index (χ0n) is 23.1. The third-order valence-electron chi connectivity index (χ3n) is 11.5. The van der Waals surface area contributed by atoms with Crippen LogP contribution in [-0.4, -0.2) is 18.6 Å². The molecule has 34 heavy (non-hydrogen) atoms. The lowest BCUT2D eigenvalue weighted by Crippen LogP contribution is -2.56. The number of hydrogen-bond acceptors (Lipinski definition) is 3. The molecule has 0 aromatic rings. The van der Waals surface area contributed by atoms with Crippen molar-refractivity contribution < 1.29 is 9.53 Å². The molecule has 0 aliphatic heterocycles. The van der Waals surface area contributed by atoms with E-state index in [1.807, 2.05) is 0 Å². The van der Waals surface area contributed by atoms with E-state index in [0.29, 0.717) is 23.8 Å². The number of carbonyl (C=O) groups is 1. The lowest BCUT2D eigenvalue weighted by atomic mass is 9.41. The number of carbonyl (C=O) groups excluding carboxylic acids is 1. The zero-order chi connectivity index (χ0) is 24.7. The number of hydrogen-bond donors (Lipinski definition) is 1. The Kier molecular flexibility index (Phi) is 7.65. The van der Waals surface area contributed by atoms with Crippen molar-refractivity contribution in [1.82, 2.24) is 0 Å². The topological polar surface area (TPSA) is 52.3 Å². The van der Waals surface area contributed by atoms with Gasteiger partial charge in [0.05, 0.1) is 6.42 Å². The Morgan fingerprint density at radius 2 is 1.79 bits per heavy atom. The van der Waals surface area contributed by atoms with Crippen LogP contribution in [0.3, 0.4) is 0 Å². The van der Waals surface area contributed by atoms with E-state index in [4.69, 9.17) is 10.5 Å². The van der Waals surface area contributed by atoms with Crippen LogP contribution in [0.5, 0.6) is 0 Å². The van der Waals surface area contributed by atoms with Crippen molar-refractivity contribution in [2.75, 3.05) is 6.54 Å². The average Bonchev–Trinajstić information content (AvgIpc) is 3.12. The van der Waals surface area contributed by atoms with Crippen LogP contribution in [0.25, 0.3) is 0 Å². The van der Waals surface area contributed by atoms with Crippen molar-refractivity contribution in [2.45, 2.75) is 125 Å². The van der Waals surface area contributed by atoms with Crippen LogP contribution in [0, 0.1) is 45.8 Å². The first-order valence-electron chi connectivity index (χ1n) is 14.6. The Morgan fingerprint density at radius 1 is 1.03 bits per heavy atom. The zero-order valence-corrected chi connectivity index (χ0v) is 23.1. The molecule has 0 spiro atoms. The van der Waals surface area contributed by atoms with Crippen molar-refractivity contribution in [3.05, 3.63) is 11.6 Å². The lowest BCUT2D eigenvalue weighted by Gasteiger charge is -2.63. The summed E-state index contributed by atoms with van der Waals surface area (Å²) in [6.07, 6.45) is 17.2. The smallest absolute Gasteiger partial charge is 0.307 e. The van der Waals surface area contributed by atoms with Gasteiger partial charge in [0.1, 0.15) is 6.10 Å². The maximum absolute atomic E-state index is 12.1. The van der Waals surface area contributed by atoms with Crippen molar-refractivity contribution in [2.24, 2.45) is 51.6 Å². The van der Waals surface area contributed by atoms with Crippen molar-refractivity contribution >= 4 is 5.97 Å². The van der Waals surface area contributed by atoms with E-state index in [9.17, 15) is 4.79 Å². The molecule has 3 nitrogen and oxygen atoms in total. The molecule has 2 unspecified atom stereocenters. The van der Waals surface area contributed by atoms with Crippen LogP contribution in [0.1, 0.15) is 119 Å². The number of ether oxygens (including phenoxy) is 1. The Labute approximate surface area is 210 Å². The highest BCUT2D eigenvalue weighted by atomic mass is 16.5. The number of esters is 1. The molecule has 4 rings (SSSR count). The fourth-order valence-corrected chi connectivity index (χ4v) is 9.77. The quantitative estimate of drug-likeness (QED) is 0.292. The second-order valence-electron chi connectivity index (χ2n) is 13.9. The molecule has 0 amide bonds. The van der Waals surface area contributed by atoms with Gasteiger partial charge in [0.2, 0.25) is 0 Å². The van der Waals surface area contributed by atoms with Crippen LogP contribution in [0.4, 0.5) is 0 Å². The molecule has 8 atom stereocenters. The van der Waals surface area contributed by atoms with Gasteiger partial charge in [0.15, 0.2) is 0 Å². The Bertz CT molecular complexity index is 773. The predicted octanol–water partition coefficient (Wildman–Crippen LogP) is 7.68. The van der Waals surface area contributed by atoms with E-state index in [-0.39, 0.29) is 17.5 Å². The maximum Gasteiger partial charge on any atom is 0.307 e. The van der Waals surface area contributed by atoms with Gasteiger partial charge in [-0.05, 0) is 90.8 Å². The highest BCUT2D eigenvalue weighted by molar-refractivity contribution is 5.69. The molecule has 0 bridgehead atoms. The van der Waals surface area contributed by atoms with Gasteiger partial charge in [-0.2, -0.15) is 0 Å². The molecular weight excluding hydrogens is 418 g/mol. The number of rotatable bonds is 8. The second kappa shape index (κ2) is 9.91. The first kappa shape index (κ1) is 26.2. The van der Waals surface area contributed by atoms with Gasteiger partial charge in [-0.15, -0.1) is 0 Å². The van der Waals surface area contributed by atoms with Gasteiger partial charge >= 0.3 is 5.97 Å². The monoisotopic (exact) mass is 471 g/mol. The molecule has 3 fully saturated rings. The fraction of sp³-hybridized carbons (Fsp3) is 0.903. The summed E-state index contributed by atoms with van der Waals surface area (Å²) in [6, 6.07) is 0. The van der Waals surface area contributed by atoms with Crippen LogP contribution in [0.15, 0.2) is 11.6 Å². The largest absolute Gasteiger partial charge is 0.462 e. The van der Waals surface area contributed by atoms with Crippen molar-refractivity contribution in [3.63, 3.8) is 0 Å². The van der Waals surface area contributed by atoms with Gasteiger partial charge in [-0.3, -0.25) is 4.79 Å². The normalized spacial score (nSPS) is 42.4. The summed E-state index contributed by atoms with van der Waals surface area (Å²) in [5, 5.41) is 0. The van der Waals surface area contributed by atoms with E-state index in [0.717, 1.165) is 48.9 Å². The van der Waals surface area contributed by atoms with E-state index in [1.54, 1.807) is 5.57 Å². The van der Waals surface area contributed by atoms with Gasteiger partial charge in [-0.25, -0.2) is 0 Å². The van der Waals surface area contributed by atoms with Gasteiger partial charge < -0.3 is 10.5 Å². The van der Waals surface area contributed by atoms with Gasteiger partial charge in [0, 0.05) is 13.0 Å². The molecule has 0 aromatic carbocycles. The van der Waals surface area contributed by atoms with E-state index < -0.39 is 0 Å². The molecule has 4 aliphatic carbocycles. The summed E-state index contributed by atoms with van der Waals surface area (Å²) >= 11 is 0. The third-order valence-corrected chi connectivity index (χ3v) is 11.5. The average molecular weight is 472 g/mol. The van der Waals surface area contributed by atoms with E-state index in [2.05, 4.69) is 47.6 Å². The molecule has 2 N–H and O–H groups in total. The lowest BCUT2D eigenvalue weighted by molar-refractivity contribution is -0.153. The second-order valence-corrected chi connectivity index (χ2v) is 13.9. The minimum atomic E-state index is -0.120. The fourth-order valence-electron chi connectivity index (χ4n) is 9.77. The van der Waals surface area contributed by atoms with Crippen LogP contribution >= 0.6 is 0 Å². The highest BCUT2D eigenvalue weighted by Gasteiger charge is 2.64. The number of fused-ring (bicyclic) bond motifs is 5. The minimum Gasteiger partial charge on any atom is -0.462 e. The van der Waals surface area contributed by atoms with Crippen molar-refractivity contribution in [1.29, 1.82) is 0 Å². The van der Waals surface area contributed by atoms with Gasteiger partial charge in [-0.1, -0.05) is 72.5 Å². The van der Waals surface area contributed by atoms with Crippen LogP contribution in [-0.2, 0) is 9.53 Å². The molecule has 0 radical (unpaired) electrons. The summed E-state index contributed by atoms with van der Waals surface area (Å²) in [5.74, 6) is 4.10. The molecule has 3 heteroatoms. The molecular formula is C31H53NO2. The molecule has 4 aliphatic rings. The first-order valence-corrected chi connectivity index (χ1v) is 14.6. The summed E-state index contributed by atoms with van der Waals surface area (Å²) in [4.78, 5) is 12.1. The first-order chi connectivity index (χ1) is 16.0. The Balaban J connectivity index is 1.49. The number of nitrogens with two attached hydrogens (primary N) is 1. The maximum atomic E-state index is 12.1. The SMILES string of the molecule is CC(C)CCC[C@@H](C)[C@H]1CC[C@H]2C3(C)CC=C4CC(OC(=O)CCN)CC[C@]4(C)[C@H]3CC[C@]12C. The van der Waals surface area contributed by atoms with Gasteiger partial charge in [0.25, 0.3) is 0 Å². The Hall–Kier alpha value is -0.830. The molecule has 194 valence electrons. The predicted molar refractivity (Wildman–Crippen MR) is 141 cm³/mol. The summed E-state index contributed by atoms with van der Waals surface area (Å²) in [6.45, 7) is 15.6. The Morgan fingerprint density at radius 3 is 2.50 bits per heavy atom. The third kappa shape index (κ3) is 4.53. The summed E-state index contributed by atoms with van der Waals surface area (Å²) in [7, 11) is 0. The van der Waals surface area contributed by atoms with Crippen molar-refractivity contribution in [3.8, 4) is 0 Å². The minimum absolute atomic E-state index is 0.0548. The van der Waals surface area contributed by atoms with Crippen LogP contribution < -0.4 is 5.73 Å². The standard InChI is InChI=1S/C31H53NO2/c1-21(2)8-7-9-22(3)25-10-11-26-30(25,5)18-14-27-29(4)17-13-24(34-28(33)15-19-32)20-23(29)12-16-31(26,27)6/h12,21-22,24-27H,7-11,13-20,32H2,1-6H3/t22-,24?,25-,26-,27-,29+,30-,31?/m1/s1. The molecule has 0 saturated heterocycles. The van der Waals surface area contributed by atoms with E-state index >= 15 is 0 Å². The molecule has 0 aromatic heterocycles. The van der Waals surface area contributed by atoms with Crippen LogP contribution in [0.2, 0.25) is 0 Å². The highest BCUT2D eigenvalue weighted by Crippen LogP contribution is 2.72. The molecule has 3 saturated carbocycles. The summed E-state index contributed by atoms with van der Waals surface area (Å²) < 4.78 is 5.80. The number of allylic oxidation sites excluding steroid dienone is 1.